The molecule has 2 aromatic rings. The SMILES string of the molecule is C=Cc1ccc(-c2cc[n+](OC)cc2)cc1. The quantitative estimate of drug-likeness (QED) is 0.712. The van der Waals surface area contributed by atoms with Gasteiger partial charge in [0.2, 0.25) is 12.4 Å². The summed E-state index contributed by atoms with van der Waals surface area (Å²) in [5.74, 6) is 0. The summed E-state index contributed by atoms with van der Waals surface area (Å²) >= 11 is 0. The lowest BCUT2D eigenvalue weighted by molar-refractivity contribution is -0.885. The number of hydrogen-bond acceptors (Lipinski definition) is 1. The van der Waals surface area contributed by atoms with E-state index in [1.165, 1.54) is 11.1 Å². The topological polar surface area (TPSA) is 13.1 Å². The molecular formula is C14H14NO+. The van der Waals surface area contributed by atoms with Gasteiger partial charge in [-0.15, -0.1) is 0 Å². The Hall–Kier alpha value is -2.09. The Bertz CT molecular complexity index is 471. The van der Waals surface area contributed by atoms with Crippen molar-refractivity contribution >= 4 is 6.08 Å². The Balaban J connectivity index is 2.31. The molecule has 0 saturated carbocycles. The molecule has 0 fully saturated rings. The molecule has 0 amide bonds. The Morgan fingerprint density at radius 2 is 1.56 bits per heavy atom. The van der Waals surface area contributed by atoms with E-state index in [0.29, 0.717) is 0 Å². The van der Waals surface area contributed by atoms with Crippen LogP contribution in [0.2, 0.25) is 0 Å². The van der Waals surface area contributed by atoms with E-state index in [0.717, 1.165) is 5.56 Å². The molecule has 2 nitrogen and oxygen atoms in total. The van der Waals surface area contributed by atoms with Crippen molar-refractivity contribution in [3.8, 4) is 11.1 Å². The van der Waals surface area contributed by atoms with E-state index >= 15 is 0 Å². The van der Waals surface area contributed by atoms with Gasteiger partial charge in [-0.05, 0) is 16.7 Å². The fourth-order valence-electron chi connectivity index (χ4n) is 1.54. The van der Waals surface area contributed by atoms with Gasteiger partial charge in [-0.1, -0.05) is 36.9 Å². The third kappa shape index (κ3) is 2.11. The van der Waals surface area contributed by atoms with Gasteiger partial charge in [0.1, 0.15) is 7.11 Å². The molecule has 0 saturated heterocycles. The summed E-state index contributed by atoms with van der Waals surface area (Å²) in [4.78, 5) is 5.04. The minimum absolute atomic E-state index is 1.13. The number of aromatic nitrogens is 1. The monoisotopic (exact) mass is 212 g/mol. The van der Waals surface area contributed by atoms with Gasteiger partial charge in [0.15, 0.2) is 0 Å². The molecule has 2 rings (SSSR count). The van der Waals surface area contributed by atoms with Crippen molar-refractivity contribution in [2.45, 2.75) is 0 Å². The van der Waals surface area contributed by atoms with E-state index in [4.69, 9.17) is 4.84 Å². The smallest absolute Gasteiger partial charge is 0.223 e. The van der Waals surface area contributed by atoms with Crippen molar-refractivity contribution in [2.24, 2.45) is 0 Å². The van der Waals surface area contributed by atoms with E-state index in [-0.39, 0.29) is 0 Å². The van der Waals surface area contributed by atoms with Crippen molar-refractivity contribution in [3.05, 3.63) is 60.9 Å². The first kappa shape index (κ1) is 10.4. The number of rotatable bonds is 3. The molecule has 0 unspecified atom stereocenters. The normalized spacial score (nSPS) is 9.81. The van der Waals surface area contributed by atoms with Crippen molar-refractivity contribution in [2.75, 3.05) is 7.11 Å². The Morgan fingerprint density at radius 1 is 1.00 bits per heavy atom. The van der Waals surface area contributed by atoms with Crippen LogP contribution in [0.15, 0.2) is 55.4 Å². The van der Waals surface area contributed by atoms with Gasteiger partial charge in [0.25, 0.3) is 0 Å². The zero-order valence-corrected chi connectivity index (χ0v) is 9.26. The molecule has 2 heteroatoms. The zero-order chi connectivity index (χ0) is 11.4. The fourth-order valence-corrected chi connectivity index (χ4v) is 1.54. The maximum absolute atomic E-state index is 5.04. The van der Waals surface area contributed by atoms with Gasteiger partial charge < -0.3 is 0 Å². The number of nitrogens with zero attached hydrogens (tertiary/aromatic N) is 1. The molecule has 1 aromatic heterocycles. The Labute approximate surface area is 95.4 Å². The number of hydrogen-bond donors (Lipinski definition) is 0. The molecule has 0 atom stereocenters. The maximum atomic E-state index is 5.04. The third-order valence-corrected chi connectivity index (χ3v) is 2.49. The first-order valence-electron chi connectivity index (χ1n) is 5.12. The summed E-state index contributed by atoms with van der Waals surface area (Å²) in [6.07, 6.45) is 5.61. The Morgan fingerprint density at radius 3 is 2.06 bits per heavy atom. The van der Waals surface area contributed by atoms with Crippen LogP contribution in [0.5, 0.6) is 0 Å². The average molecular weight is 212 g/mol. The van der Waals surface area contributed by atoms with Crippen LogP contribution in [0.3, 0.4) is 0 Å². The van der Waals surface area contributed by atoms with E-state index in [1.807, 2.05) is 30.6 Å². The summed E-state index contributed by atoms with van der Waals surface area (Å²) in [6, 6.07) is 12.3. The predicted molar refractivity (Wildman–Crippen MR) is 64.7 cm³/mol. The molecule has 1 heterocycles. The lowest BCUT2D eigenvalue weighted by Gasteiger charge is -2.00. The zero-order valence-electron chi connectivity index (χ0n) is 9.26. The van der Waals surface area contributed by atoms with Crippen LogP contribution in [0.25, 0.3) is 17.2 Å². The highest BCUT2D eigenvalue weighted by molar-refractivity contribution is 5.64. The van der Waals surface area contributed by atoms with Crippen molar-refractivity contribution in [1.29, 1.82) is 0 Å². The van der Waals surface area contributed by atoms with Gasteiger partial charge in [-0.25, -0.2) is 0 Å². The van der Waals surface area contributed by atoms with Crippen LogP contribution < -0.4 is 9.57 Å². The highest BCUT2D eigenvalue weighted by atomic mass is 16.6. The molecule has 0 radical (unpaired) electrons. The summed E-state index contributed by atoms with van der Waals surface area (Å²) in [5.41, 5.74) is 3.49. The van der Waals surface area contributed by atoms with Crippen LogP contribution in [0, 0.1) is 0 Å². The standard InChI is InChI=1S/C14H14NO/c1-3-12-4-6-13(7-5-12)14-8-10-15(16-2)11-9-14/h3-11H,1H2,2H3/q+1. The first-order valence-corrected chi connectivity index (χ1v) is 5.12. The fraction of sp³-hybridized carbons (Fsp3) is 0.0714. The van der Waals surface area contributed by atoms with Crippen molar-refractivity contribution < 1.29 is 9.57 Å². The Kier molecular flexibility index (Phi) is 3.01. The molecular weight excluding hydrogens is 198 g/mol. The van der Waals surface area contributed by atoms with Gasteiger partial charge in [0.05, 0.1) is 0 Å². The molecule has 0 aliphatic rings. The van der Waals surface area contributed by atoms with Crippen molar-refractivity contribution in [1.82, 2.24) is 0 Å². The summed E-state index contributed by atoms with van der Waals surface area (Å²) in [5, 5.41) is 0. The van der Waals surface area contributed by atoms with Gasteiger partial charge in [0, 0.05) is 16.9 Å². The van der Waals surface area contributed by atoms with Crippen molar-refractivity contribution in [3.63, 3.8) is 0 Å². The molecule has 0 bridgehead atoms. The largest absolute Gasteiger partial charge is 0.275 e. The first-order chi connectivity index (χ1) is 7.83. The molecule has 0 aliphatic carbocycles. The number of pyridine rings is 1. The molecule has 0 aliphatic heterocycles. The second kappa shape index (κ2) is 4.62. The van der Waals surface area contributed by atoms with Gasteiger partial charge >= 0.3 is 0 Å². The second-order valence-electron chi connectivity index (χ2n) is 3.46. The molecule has 1 aromatic carbocycles. The molecule has 0 N–H and O–H groups in total. The van der Waals surface area contributed by atoms with E-state index in [1.54, 1.807) is 11.8 Å². The summed E-state index contributed by atoms with van der Waals surface area (Å²) < 4.78 is 1.65. The summed E-state index contributed by atoms with van der Waals surface area (Å²) in [7, 11) is 1.64. The minimum atomic E-state index is 1.13. The van der Waals surface area contributed by atoms with Crippen LogP contribution in [0.1, 0.15) is 5.56 Å². The third-order valence-electron chi connectivity index (χ3n) is 2.49. The van der Waals surface area contributed by atoms with Crippen LogP contribution >= 0.6 is 0 Å². The molecule has 16 heavy (non-hydrogen) atoms. The van der Waals surface area contributed by atoms with Crippen LogP contribution in [-0.4, -0.2) is 7.11 Å². The summed E-state index contributed by atoms with van der Waals surface area (Å²) in [6.45, 7) is 3.74. The lowest BCUT2D eigenvalue weighted by Crippen LogP contribution is -2.39. The van der Waals surface area contributed by atoms with Gasteiger partial charge in [-0.2, -0.15) is 0 Å². The molecule has 80 valence electrons. The van der Waals surface area contributed by atoms with Crippen LogP contribution in [-0.2, 0) is 0 Å². The highest BCUT2D eigenvalue weighted by Gasteiger charge is 2.01. The number of benzene rings is 1. The van der Waals surface area contributed by atoms with E-state index in [9.17, 15) is 0 Å². The minimum Gasteiger partial charge on any atom is -0.275 e. The van der Waals surface area contributed by atoms with Crippen LogP contribution in [0.4, 0.5) is 0 Å². The van der Waals surface area contributed by atoms with E-state index in [2.05, 4.69) is 30.8 Å². The highest BCUT2D eigenvalue weighted by Crippen LogP contribution is 2.18. The van der Waals surface area contributed by atoms with Gasteiger partial charge in [-0.3, -0.25) is 4.84 Å². The average Bonchev–Trinajstić information content (AvgIpc) is 2.39. The second-order valence-corrected chi connectivity index (χ2v) is 3.46. The maximum Gasteiger partial charge on any atom is 0.223 e. The van der Waals surface area contributed by atoms with E-state index < -0.39 is 0 Å². The molecule has 0 spiro atoms. The lowest BCUT2D eigenvalue weighted by atomic mass is 10.1. The predicted octanol–water partition coefficient (Wildman–Crippen LogP) is 2.34.